The van der Waals surface area contributed by atoms with Gasteiger partial charge in [-0.15, -0.1) is 10.2 Å². The molecule has 0 bridgehead atoms. The SMILES string of the molecule is O=C(NCc1nncn1-c1ccccc1)c1ccco1. The molecular weight excluding hydrogens is 256 g/mol. The summed E-state index contributed by atoms with van der Waals surface area (Å²) in [4.78, 5) is 11.8. The molecule has 0 spiro atoms. The minimum absolute atomic E-state index is 0.272. The van der Waals surface area contributed by atoms with E-state index in [9.17, 15) is 4.79 Å². The van der Waals surface area contributed by atoms with Gasteiger partial charge in [-0.3, -0.25) is 9.36 Å². The van der Waals surface area contributed by atoms with Crippen LogP contribution < -0.4 is 5.32 Å². The molecule has 0 saturated heterocycles. The molecule has 6 nitrogen and oxygen atoms in total. The van der Waals surface area contributed by atoms with Gasteiger partial charge in [-0.2, -0.15) is 0 Å². The quantitative estimate of drug-likeness (QED) is 0.783. The summed E-state index contributed by atoms with van der Waals surface area (Å²) < 4.78 is 6.85. The molecule has 0 fully saturated rings. The number of furan rings is 1. The molecule has 100 valence electrons. The average Bonchev–Trinajstić information content (AvgIpc) is 3.17. The molecule has 0 saturated carbocycles. The number of para-hydroxylation sites is 1. The van der Waals surface area contributed by atoms with E-state index >= 15 is 0 Å². The van der Waals surface area contributed by atoms with Gasteiger partial charge < -0.3 is 9.73 Å². The van der Waals surface area contributed by atoms with Crippen LogP contribution in [0.1, 0.15) is 16.4 Å². The summed E-state index contributed by atoms with van der Waals surface area (Å²) in [5.74, 6) is 0.643. The van der Waals surface area contributed by atoms with Crippen molar-refractivity contribution in [1.29, 1.82) is 0 Å². The molecule has 0 radical (unpaired) electrons. The first-order chi connectivity index (χ1) is 9.84. The molecule has 1 N–H and O–H groups in total. The third kappa shape index (κ3) is 2.44. The maximum atomic E-state index is 11.8. The number of rotatable bonds is 4. The lowest BCUT2D eigenvalue weighted by molar-refractivity contribution is 0.0922. The number of hydrogen-bond acceptors (Lipinski definition) is 4. The Kier molecular flexibility index (Phi) is 3.28. The first-order valence-corrected chi connectivity index (χ1v) is 6.10. The van der Waals surface area contributed by atoms with Crippen molar-refractivity contribution in [2.75, 3.05) is 0 Å². The summed E-state index contributed by atoms with van der Waals surface area (Å²) in [5.41, 5.74) is 0.944. The first kappa shape index (κ1) is 12.2. The van der Waals surface area contributed by atoms with Gasteiger partial charge in [0.2, 0.25) is 0 Å². The number of nitrogens with one attached hydrogen (secondary N) is 1. The second-order valence-corrected chi connectivity index (χ2v) is 4.11. The van der Waals surface area contributed by atoms with E-state index in [0.29, 0.717) is 5.82 Å². The fraction of sp³-hybridized carbons (Fsp3) is 0.0714. The van der Waals surface area contributed by atoms with E-state index in [0.717, 1.165) is 5.69 Å². The largest absolute Gasteiger partial charge is 0.459 e. The Bertz CT molecular complexity index is 689. The number of benzene rings is 1. The van der Waals surface area contributed by atoms with E-state index in [4.69, 9.17) is 4.42 Å². The van der Waals surface area contributed by atoms with E-state index < -0.39 is 0 Å². The van der Waals surface area contributed by atoms with Gasteiger partial charge in [-0.1, -0.05) is 18.2 Å². The van der Waals surface area contributed by atoms with Crippen LogP contribution in [0.4, 0.5) is 0 Å². The second-order valence-electron chi connectivity index (χ2n) is 4.11. The van der Waals surface area contributed by atoms with Crippen LogP contribution in [0.25, 0.3) is 5.69 Å². The molecule has 20 heavy (non-hydrogen) atoms. The third-order valence-electron chi connectivity index (χ3n) is 2.80. The summed E-state index contributed by atoms with van der Waals surface area (Å²) in [6.07, 6.45) is 3.07. The molecule has 3 aromatic rings. The normalized spacial score (nSPS) is 10.4. The Morgan fingerprint density at radius 1 is 1.20 bits per heavy atom. The lowest BCUT2D eigenvalue weighted by atomic mass is 10.3. The lowest BCUT2D eigenvalue weighted by Crippen LogP contribution is -2.24. The summed E-state index contributed by atoms with van der Waals surface area (Å²) >= 11 is 0. The zero-order chi connectivity index (χ0) is 13.8. The monoisotopic (exact) mass is 268 g/mol. The fourth-order valence-electron chi connectivity index (χ4n) is 1.84. The molecule has 0 aliphatic heterocycles. The maximum Gasteiger partial charge on any atom is 0.287 e. The average molecular weight is 268 g/mol. The Hall–Kier alpha value is -2.89. The molecule has 2 heterocycles. The second kappa shape index (κ2) is 5.40. The van der Waals surface area contributed by atoms with Crippen LogP contribution in [0.2, 0.25) is 0 Å². The standard InChI is InChI=1S/C14H12N4O2/c19-14(12-7-4-8-20-12)15-9-13-17-16-10-18(13)11-5-2-1-3-6-11/h1-8,10H,9H2,(H,15,19). The number of aromatic nitrogens is 3. The molecule has 1 amide bonds. The molecule has 0 aliphatic rings. The maximum absolute atomic E-state index is 11.8. The van der Waals surface area contributed by atoms with Gasteiger partial charge in [0.05, 0.1) is 12.8 Å². The van der Waals surface area contributed by atoms with Crippen LogP contribution in [0.15, 0.2) is 59.5 Å². The number of nitrogens with zero attached hydrogens (tertiary/aromatic N) is 3. The highest BCUT2D eigenvalue weighted by Crippen LogP contribution is 2.09. The number of hydrogen-bond donors (Lipinski definition) is 1. The summed E-state index contributed by atoms with van der Waals surface area (Å²) in [5, 5.41) is 10.6. The van der Waals surface area contributed by atoms with Crippen LogP contribution in [-0.4, -0.2) is 20.7 Å². The highest BCUT2D eigenvalue weighted by molar-refractivity contribution is 5.91. The molecule has 1 aromatic carbocycles. The Balaban J connectivity index is 1.73. The van der Waals surface area contributed by atoms with E-state index in [1.165, 1.54) is 6.26 Å². The molecule has 0 atom stereocenters. The molecule has 0 unspecified atom stereocenters. The summed E-state index contributed by atoms with van der Waals surface area (Å²) in [7, 11) is 0. The minimum Gasteiger partial charge on any atom is -0.459 e. The van der Waals surface area contributed by atoms with Gasteiger partial charge in [-0.25, -0.2) is 0 Å². The minimum atomic E-state index is -0.280. The van der Waals surface area contributed by atoms with Crippen molar-refractivity contribution in [2.24, 2.45) is 0 Å². The zero-order valence-corrected chi connectivity index (χ0v) is 10.6. The van der Waals surface area contributed by atoms with Gasteiger partial charge in [0.15, 0.2) is 11.6 Å². The predicted molar refractivity (Wildman–Crippen MR) is 71.2 cm³/mol. The topological polar surface area (TPSA) is 73.0 Å². The molecule has 2 aromatic heterocycles. The van der Waals surface area contributed by atoms with Crippen LogP contribution in [0.5, 0.6) is 0 Å². The molecule has 3 rings (SSSR count). The third-order valence-corrected chi connectivity index (χ3v) is 2.80. The van der Waals surface area contributed by atoms with Crippen LogP contribution >= 0.6 is 0 Å². The van der Waals surface area contributed by atoms with Gasteiger partial charge >= 0.3 is 0 Å². The zero-order valence-electron chi connectivity index (χ0n) is 10.6. The van der Waals surface area contributed by atoms with Crippen molar-refractivity contribution in [3.05, 3.63) is 66.6 Å². The Morgan fingerprint density at radius 2 is 2.05 bits per heavy atom. The van der Waals surface area contributed by atoms with Gasteiger partial charge in [0.1, 0.15) is 6.33 Å². The van der Waals surface area contributed by atoms with E-state index in [-0.39, 0.29) is 18.2 Å². The number of carbonyl (C=O) groups is 1. The Labute approximate surface area is 115 Å². The van der Waals surface area contributed by atoms with Gasteiger partial charge in [0, 0.05) is 5.69 Å². The first-order valence-electron chi connectivity index (χ1n) is 6.10. The van der Waals surface area contributed by atoms with Crippen molar-refractivity contribution in [1.82, 2.24) is 20.1 Å². The van der Waals surface area contributed by atoms with Crippen molar-refractivity contribution >= 4 is 5.91 Å². The highest BCUT2D eigenvalue weighted by Gasteiger charge is 2.11. The predicted octanol–water partition coefficient (Wildman–Crippen LogP) is 1.79. The van der Waals surface area contributed by atoms with Gasteiger partial charge in [0.25, 0.3) is 5.91 Å². The number of amides is 1. The van der Waals surface area contributed by atoms with Crippen molar-refractivity contribution in [3.8, 4) is 5.69 Å². The van der Waals surface area contributed by atoms with E-state index in [2.05, 4.69) is 15.5 Å². The fourth-order valence-corrected chi connectivity index (χ4v) is 1.84. The van der Waals surface area contributed by atoms with Crippen molar-refractivity contribution in [3.63, 3.8) is 0 Å². The van der Waals surface area contributed by atoms with Crippen LogP contribution in [0.3, 0.4) is 0 Å². The van der Waals surface area contributed by atoms with Crippen molar-refractivity contribution < 1.29 is 9.21 Å². The summed E-state index contributed by atoms with van der Waals surface area (Å²) in [6.45, 7) is 0.272. The van der Waals surface area contributed by atoms with Crippen LogP contribution in [-0.2, 0) is 6.54 Å². The van der Waals surface area contributed by atoms with Crippen LogP contribution in [0, 0.1) is 0 Å². The Morgan fingerprint density at radius 3 is 2.80 bits per heavy atom. The number of carbonyl (C=O) groups excluding carboxylic acids is 1. The smallest absolute Gasteiger partial charge is 0.287 e. The van der Waals surface area contributed by atoms with Gasteiger partial charge in [-0.05, 0) is 24.3 Å². The molecule has 0 aliphatic carbocycles. The molecular formula is C14H12N4O2. The highest BCUT2D eigenvalue weighted by atomic mass is 16.3. The molecule has 6 heteroatoms. The van der Waals surface area contributed by atoms with Crippen molar-refractivity contribution in [2.45, 2.75) is 6.54 Å². The van der Waals surface area contributed by atoms with E-state index in [1.54, 1.807) is 18.5 Å². The lowest BCUT2D eigenvalue weighted by Gasteiger charge is -2.06. The summed E-state index contributed by atoms with van der Waals surface area (Å²) in [6, 6.07) is 13.0. The van der Waals surface area contributed by atoms with E-state index in [1.807, 2.05) is 34.9 Å².